The Labute approximate surface area is 132 Å². The number of rotatable bonds is 6. The van der Waals surface area contributed by atoms with E-state index in [9.17, 15) is 13.2 Å². The third-order valence-electron chi connectivity index (χ3n) is 3.21. The molecule has 0 radical (unpaired) electrons. The van der Waals surface area contributed by atoms with Crippen LogP contribution in [0.3, 0.4) is 0 Å². The van der Waals surface area contributed by atoms with Gasteiger partial charge < -0.3 is 9.47 Å². The van der Waals surface area contributed by atoms with Crippen LogP contribution in [-0.2, 0) is 19.4 Å². The van der Waals surface area contributed by atoms with Crippen molar-refractivity contribution in [2.75, 3.05) is 24.7 Å². The Morgan fingerprint density at radius 2 is 1.95 bits per heavy atom. The van der Waals surface area contributed by atoms with E-state index in [1.54, 1.807) is 0 Å². The smallest absolute Gasteiger partial charge is 0.306 e. The first-order valence-electron chi connectivity index (χ1n) is 6.69. The summed E-state index contributed by atoms with van der Waals surface area (Å²) < 4.78 is 34.0. The number of hydrogen-bond acceptors (Lipinski definition) is 5. The van der Waals surface area contributed by atoms with Crippen LogP contribution in [0.5, 0.6) is 5.75 Å². The molecule has 5 nitrogen and oxygen atoms in total. The average molecular weight is 377 g/mol. The van der Waals surface area contributed by atoms with Gasteiger partial charge in [0.15, 0.2) is 9.84 Å². The van der Waals surface area contributed by atoms with Crippen LogP contribution >= 0.6 is 15.9 Å². The highest BCUT2D eigenvalue weighted by Gasteiger charge is 2.29. The van der Waals surface area contributed by atoms with Gasteiger partial charge in [-0.2, -0.15) is 0 Å². The number of carbonyl (C=O) groups is 1. The minimum atomic E-state index is -2.94. The van der Waals surface area contributed by atoms with Crippen LogP contribution in [0.15, 0.2) is 28.7 Å². The highest BCUT2D eigenvalue weighted by atomic mass is 79.9. The maximum atomic E-state index is 11.6. The highest BCUT2D eigenvalue weighted by Crippen LogP contribution is 2.22. The second kappa shape index (κ2) is 7.26. The van der Waals surface area contributed by atoms with Gasteiger partial charge in [-0.25, -0.2) is 8.42 Å². The summed E-state index contributed by atoms with van der Waals surface area (Å²) in [5.41, 5.74) is 0. The Balaban J connectivity index is 1.62. The van der Waals surface area contributed by atoms with Crippen LogP contribution in [0, 0.1) is 5.92 Å². The molecule has 1 aliphatic heterocycles. The predicted molar refractivity (Wildman–Crippen MR) is 82.0 cm³/mol. The van der Waals surface area contributed by atoms with E-state index < -0.39 is 9.84 Å². The van der Waals surface area contributed by atoms with Gasteiger partial charge in [-0.1, -0.05) is 15.9 Å². The first kappa shape index (κ1) is 16.3. The van der Waals surface area contributed by atoms with Gasteiger partial charge in [0.1, 0.15) is 19.0 Å². The number of halogens is 1. The summed E-state index contributed by atoms with van der Waals surface area (Å²) in [5, 5.41) is 0. The molecular weight excluding hydrogens is 360 g/mol. The summed E-state index contributed by atoms with van der Waals surface area (Å²) in [4.78, 5) is 11.6. The SMILES string of the molecule is O=C(CC1CCS(=O)(=O)C1)OCCOc1ccc(Br)cc1. The average Bonchev–Trinajstić information content (AvgIpc) is 2.76. The molecule has 0 bridgehead atoms. The molecule has 1 aromatic carbocycles. The summed E-state index contributed by atoms with van der Waals surface area (Å²) in [6, 6.07) is 7.36. The first-order valence-corrected chi connectivity index (χ1v) is 9.30. The second-order valence-electron chi connectivity index (χ2n) is 5.00. The molecule has 1 aromatic rings. The van der Waals surface area contributed by atoms with Crippen LogP contribution in [0.1, 0.15) is 12.8 Å². The topological polar surface area (TPSA) is 69.7 Å². The van der Waals surface area contributed by atoms with Gasteiger partial charge in [0.25, 0.3) is 0 Å². The van der Waals surface area contributed by atoms with Gasteiger partial charge in [-0.3, -0.25) is 4.79 Å². The zero-order chi connectivity index (χ0) is 15.3. The van der Waals surface area contributed by atoms with E-state index in [4.69, 9.17) is 9.47 Å². The maximum Gasteiger partial charge on any atom is 0.306 e. The molecular formula is C14H17BrO5S. The molecule has 1 atom stereocenters. The molecule has 0 saturated carbocycles. The van der Waals surface area contributed by atoms with Crippen molar-refractivity contribution in [1.82, 2.24) is 0 Å². The lowest BCUT2D eigenvalue weighted by atomic mass is 10.1. The molecule has 1 aliphatic rings. The summed E-state index contributed by atoms with van der Waals surface area (Å²) >= 11 is 3.33. The van der Waals surface area contributed by atoms with E-state index in [0.717, 1.165) is 4.47 Å². The summed E-state index contributed by atoms with van der Waals surface area (Å²) in [7, 11) is -2.94. The molecule has 0 N–H and O–H groups in total. The summed E-state index contributed by atoms with van der Waals surface area (Å²) in [6.07, 6.45) is 0.713. The fraction of sp³-hybridized carbons (Fsp3) is 0.500. The Kier molecular flexibility index (Phi) is 5.64. The molecule has 1 unspecified atom stereocenters. The lowest BCUT2D eigenvalue weighted by molar-refractivity contribution is -0.145. The fourth-order valence-electron chi connectivity index (χ4n) is 2.17. The summed E-state index contributed by atoms with van der Waals surface area (Å²) in [6.45, 7) is 0.435. The molecule has 1 heterocycles. The minimum Gasteiger partial charge on any atom is -0.490 e. The molecule has 0 aliphatic carbocycles. The van der Waals surface area contributed by atoms with Crippen molar-refractivity contribution in [2.45, 2.75) is 12.8 Å². The van der Waals surface area contributed by atoms with Crippen LogP contribution in [-0.4, -0.2) is 39.1 Å². The predicted octanol–water partition coefficient (Wildman–Crippen LogP) is 2.20. The molecule has 0 spiro atoms. The first-order chi connectivity index (χ1) is 9.94. The van der Waals surface area contributed by atoms with E-state index in [1.165, 1.54) is 0 Å². The molecule has 7 heteroatoms. The van der Waals surface area contributed by atoms with E-state index in [2.05, 4.69) is 15.9 Å². The molecule has 2 rings (SSSR count). The lowest BCUT2D eigenvalue weighted by Gasteiger charge is -2.09. The van der Waals surface area contributed by atoms with Gasteiger partial charge in [0.05, 0.1) is 11.5 Å². The van der Waals surface area contributed by atoms with Crippen molar-refractivity contribution in [3.63, 3.8) is 0 Å². The lowest BCUT2D eigenvalue weighted by Crippen LogP contribution is -2.16. The van der Waals surface area contributed by atoms with E-state index in [0.29, 0.717) is 12.2 Å². The van der Waals surface area contributed by atoms with Gasteiger partial charge in [-0.15, -0.1) is 0 Å². The van der Waals surface area contributed by atoms with Crippen LogP contribution in [0.4, 0.5) is 0 Å². The Morgan fingerprint density at radius 3 is 2.57 bits per heavy atom. The van der Waals surface area contributed by atoms with Crippen LogP contribution in [0.25, 0.3) is 0 Å². The van der Waals surface area contributed by atoms with Crippen molar-refractivity contribution in [3.05, 3.63) is 28.7 Å². The monoisotopic (exact) mass is 376 g/mol. The fourth-order valence-corrected chi connectivity index (χ4v) is 4.30. The van der Waals surface area contributed by atoms with Gasteiger partial charge >= 0.3 is 5.97 Å². The standard InChI is InChI=1S/C14H17BrO5S/c15-12-1-3-13(4-2-12)19-6-7-20-14(16)9-11-5-8-21(17,18)10-11/h1-4,11H,5-10H2. The molecule has 0 aromatic heterocycles. The molecule has 1 saturated heterocycles. The van der Waals surface area contributed by atoms with Gasteiger partial charge in [-0.05, 0) is 36.6 Å². The van der Waals surface area contributed by atoms with Crippen molar-refractivity contribution in [3.8, 4) is 5.75 Å². The number of sulfone groups is 1. The summed E-state index contributed by atoms with van der Waals surface area (Å²) in [5.74, 6) is 0.511. The third-order valence-corrected chi connectivity index (χ3v) is 5.58. The van der Waals surface area contributed by atoms with E-state index in [-0.39, 0.29) is 43.0 Å². The zero-order valence-electron chi connectivity index (χ0n) is 11.5. The van der Waals surface area contributed by atoms with Crippen molar-refractivity contribution in [2.24, 2.45) is 5.92 Å². The van der Waals surface area contributed by atoms with E-state index >= 15 is 0 Å². The largest absolute Gasteiger partial charge is 0.490 e. The number of esters is 1. The number of ether oxygens (including phenoxy) is 2. The maximum absolute atomic E-state index is 11.6. The molecule has 21 heavy (non-hydrogen) atoms. The van der Waals surface area contributed by atoms with Crippen molar-refractivity contribution < 1.29 is 22.7 Å². The van der Waals surface area contributed by atoms with Gasteiger partial charge in [0.2, 0.25) is 0 Å². The van der Waals surface area contributed by atoms with Crippen LogP contribution < -0.4 is 4.74 Å². The minimum absolute atomic E-state index is 0.0947. The van der Waals surface area contributed by atoms with Crippen molar-refractivity contribution in [1.29, 1.82) is 0 Å². The Hall–Kier alpha value is -1.08. The zero-order valence-corrected chi connectivity index (χ0v) is 13.9. The Bertz CT molecular complexity index is 582. The number of hydrogen-bond donors (Lipinski definition) is 0. The van der Waals surface area contributed by atoms with Gasteiger partial charge in [0, 0.05) is 10.9 Å². The Morgan fingerprint density at radius 1 is 1.24 bits per heavy atom. The second-order valence-corrected chi connectivity index (χ2v) is 8.14. The normalized spacial score (nSPS) is 20.1. The van der Waals surface area contributed by atoms with Crippen LogP contribution in [0.2, 0.25) is 0 Å². The number of carbonyl (C=O) groups excluding carboxylic acids is 1. The third kappa shape index (κ3) is 5.67. The molecule has 0 amide bonds. The quantitative estimate of drug-likeness (QED) is 0.562. The number of benzene rings is 1. The van der Waals surface area contributed by atoms with E-state index in [1.807, 2.05) is 24.3 Å². The molecule has 1 fully saturated rings. The molecule has 116 valence electrons. The van der Waals surface area contributed by atoms with Crippen molar-refractivity contribution >= 4 is 31.7 Å². The highest BCUT2D eigenvalue weighted by molar-refractivity contribution is 9.10.